The third-order valence-corrected chi connectivity index (χ3v) is 1.98. The van der Waals surface area contributed by atoms with Crippen LogP contribution in [0, 0.1) is 6.92 Å². The number of nitrogen functional groups attached to an aromatic ring is 1. The van der Waals surface area contributed by atoms with Crippen molar-refractivity contribution in [2.24, 2.45) is 0 Å². The van der Waals surface area contributed by atoms with E-state index in [-0.39, 0.29) is 18.0 Å². The predicted octanol–water partition coefficient (Wildman–Crippen LogP) is 1.35. The molecule has 2 aromatic rings. The first-order valence-electron chi connectivity index (χ1n) is 5.42. The van der Waals surface area contributed by atoms with E-state index in [1.807, 2.05) is 19.9 Å². The van der Waals surface area contributed by atoms with Crippen LogP contribution in [0.1, 0.15) is 12.6 Å². The van der Waals surface area contributed by atoms with Gasteiger partial charge in [-0.05, 0) is 26.0 Å². The molecule has 2 heterocycles. The van der Waals surface area contributed by atoms with Crippen LogP contribution < -0.4 is 15.2 Å². The third kappa shape index (κ3) is 3.03. The number of anilines is 1. The lowest BCUT2D eigenvalue weighted by Crippen LogP contribution is -2.04. The number of rotatable bonds is 4. The maximum atomic E-state index is 5.53. The Balaban J connectivity index is 2.20. The molecule has 0 unspecified atom stereocenters. The maximum Gasteiger partial charge on any atom is 0.330 e. The lowest BCUT2D eigenvalue weighted by molar-refractivity contribution is 0.304. The summed E-state index contributed by atoms with van der Waals surface area (Å²) in [6.07, 6.45) is 1.58. The maximum absolute atomic E-state index is 5.53. The van der Waals surface area contributed by atoms with Gasteiger partial charge >= 0.3 is 12.0 Å². The van der Waals surface area contributed by atoms with Gasteiger partial charge in [0.25, 0.3) is 0 Å². The number of hydrogen-bond acceptors (Lipinski definition) is 7. The lowest BCUT2D eigenvalue weighted by atomic mass is 10.4. The summed E-state index contributed by atoms with van der Waals surface area (Å²) in [5.41, 5.74) is 6.43. The molecule has 0 aliphatic rings. The molecule has 0 amide bonds. The first-order valence-corrected chi connectivity index (χ1v) is 5.42. The van der Waals surface area contributed by atoms with Crippen molar-refractivity contribution in [1.82, 2.24) is 19.9 Å². The molecule has 0 aromatic carbocycles. The minimum atomic E-state index is 0.0449. The Hall–Kier alpha value is -2.44. The van der Waals surface area contributed by atoms with Gasteiger partial charge in [0.2, 0.25) is 5.95 Å². The molecule has 0 atom stereocenters. The van der Waals surface area contributed by atoms with Gasteiger partial charge in [0, 0.05) is 5.69 Å². The fraction of sp³-hybridized carbons (Fsp3) is 0.273. The third-order valence-electron chi connectivity index (χ3n) is 1.98. The zero-order valence-corrected chi connectivity index (χ0v) is 10.1. The Kier molecular flexibility index (Phi) is 3.52. The predicted molar refractivity (Wildman–Crippen MR) is 64.5 cm³/mol. The zero-order valence-electron chi connectivity index (χ0n) is 10.1. The highest BCUT2D eigenvalue weighted by Gasteiger charge is 2.07. The van der Waals surface area contributed by atoms with Crippen molar-refractivity contribution in [3.05, 3.63) is 24.0 Å². The first kappa shape index (κ1) is 12.0. The number of pyridine rings is 1. The van der Waals surface area contributed by atoms with E-state index in [9.17, 15) is 0 Å². The molecule has 0 aliphatic heterocycles. The second kappa shape index (κ2) is 5.26. The lowest BCUT2D eigenvalue weighted by Gasteiger charge is -2.06. The Bertz CT molecular complexity index is 529. The summed E-state index contributed by atoms with van der Waals surface area (Å²) in [5.74, 6) is 0.567. The SMILES string of the molecule is CCOc1nc(N)nc(Oc2ccc(C)nc2)n1. The van der Waals surface area contributed by atoms with E-state index in [1.165, 1.54) is 0 Å². The minimum Gasteiger partial charge on any atom is -0.464 e. The summed E-state index contributed by atoms with van der Waals surface area (Å²) >= 11 is 0. The molecule has 0 saturated heterocycles. The highest BCUT2D eigenvalue weighted by Crippen LogP contribution is 2.18. The monoisotopic (exact) mass is 247 g/mol. The van der Waals surface area contributed by atoms with Crippen LogP contribution >= 0.6 is 0 Å². The molecule has 0 spiro atoms. The second-order valence-corrected chi connectivity index (χ2v) is 3.43. The second-order valence-electron chi connectivity index (χ2n) is 3.43. The average molecular weight is 247 g/mol. The van der Waals surface area contributed by atoms with Crippen LogP contribution in [0.15, 0.2) is 18.3 Å². The molecule has 2 N–H and O–H groups in total. The summed E-state index contributed by atoms with van der Waals surface area (Å²) < 4.78 is 10.6. The number of hydrogen-bond donors (Lipinski definition) is 1. The Morgan fingerprint density at radius 1 is 1.17 bits per heavy atom. The summed E-state index contributed by atoms with van der Waals surface area (Å²) in [5, 5.41) is 0. The molecular weight excluding hydrogens is 234 g/mol. The van der Waals surface area contributed by atoms with Crippen LogP contribution in [0.5, 0.6) is 17.8 Å². The Morgan fingerprint density at radius 2 is 1.94 bits per heavy atom. The summed E-state index contributed by atoms with van der Waals surface area (Å²) in [6, 6.07) is 3.81. The van der Waals surface area contributed by atoms with Gasteiger partial charge in [-0.25, -0.2) is 0 Å². The van der Waals surface area contributed by atoms with Crippen LogP contribution in [0.2, 0.25) is 0 Å². The first-order chi connectivity index (χ1) is 8.67. The van der Waals surface area contributed by atoms with Crippen molar-refractivity contribution in [3.8, 4) is 17.8 Å². The topological polar surface area (TPSA) is 96.0 Å². The van der Waals surface area contributed by atoms with E-state index < -0.39 is 0 Å². The molecule has 0 aliphatic carbocycles. The molecule has 0 radical (unpaired) electrons. The normalized spacial score (nSPS) is 10.1. The summed E-state index contributed by atoms with van der Waals surface area (Å²) in [6.45, 7) is 4.15. The van der Waals surface area contributed by atoms with Crippen LogP contribution in [0.3, 0.4) is 0 Å². The molecule has 2 rings (SSSR count). The van der Waals surface area contributed by atoms with E-state index in [0.717, 1.165) is 5.69 Å². The summed E-state index contributed by atoms with van der Waals surface area (Å²) in [4.78, 5) is 15.7. The summed E-state index contributed by atoms with van der Waals surface area (Å²) in [7, 11) is 0. The molecule has 0 saturated carbocycles. The Labute approximate surface area is 104 Å². The Morgan fingerprint density at radius 3 is 2.61 bits per heavy atom. The van der Waals surface area contributed by atoms with Crippen molar-refractivity contribution in [2.45, 2.75) is 13.8 Å². The average Bonchev–Trinajstić information content (AvgIpc) is 2.32. The van der Waals surface area contributed by atoms with E-state index in [2.05, 4.69) is 19.9 Å². The van der Waals surface area contributed by atoms with Gasteiger partial charge < -0.3 is 15.2 Å². The standard InChI is InChI=1S/C11H13N5O2/c1-3-17-10-14-9(12)15-11(16-10)18-8-5-4-7(2)13-6-8/h4-6H,3H2,1-2H3,(H2,12,14,15,16). The number of nitrogens with zero attached hydrogens (tertiary/aromatic N) is 4. The van der Waals surface area contributed by atoms with Crippen molar-refractivity contribution >= 4 is 5.95 Å². The molecular formula is C11H13N5O2. The molecule has 94 valence electrons. The fourth-order valence-electron chi connectivity index (χ4n) is 1.21. The van der Waals surface area contributed by atoms with E-state index in [4.69, 9.17) is 15.2 Å². The molecule has 7 nitrogen and oxygen atoms in total. The molecule has 0 fully saturated rings. The van der Waals surface area contributed by atoms with E-state index in [1.54, 1.807) is 12.3 Å². The van der Waals surface area contributed by atoms with Crippen LogP contribution in [-0.2, 0) is 0 Å². The number of ether oxygens (including phenoxy) is 2. The number of aromatic nitrogens is 4. The largest absolute Gasteiger partial charge is 0.464 e. The van der Waals surface area contributed by atoms with Crippen LogP contribution in [0.4, 0.5) is 5.95 Å². The number of aryl methyl sites for hydroxylation is 1. The van der Waals surface area contributed by atoms with Crippen molar-refractivity contribution in [1.29, 1.82) is 0 Å². The highest BCUT2D eigenvalue weighted by atomic mass is 16.5. The molecule has 0 bridgehead atoms. The van der Waals surface area contributed by atoms with Gasteiger partial charge in [-0.2, -0.15) is 9.97 Å². The quantitative estimate of drug-likeness (QED) is 0.870. The van der Waals surface area contributed by atoms with Gasteiger partial charge in [-0.3, -0.25) is 4.98 Å². The van der Waals surface area contributed by atoms with Gasteiger partial charge in [-0.1, -0.05) is 0 Å². The van der Waals surface area contributed by atoms with Crippen molar-refractivity contribution < 1.29 is 9.47 Å². The minimum absolute atomic E-state index is 0.0449. The van der Waals surface area contributed by atoms with Gasteiger partial charge in [0.15, 0.2) is 0 Å². The highest BCUT2D eigenvalue weighted by molar-refractivity contribution is 5.26. The van der Waals surface area contributed by atoms with Crippen molar-refractivity contribution in [3.63, 3.8) is 0 Å². The molecule has 2 aromatic heterocycles. The van der Waals surface area contributed by atoms with Crippen molar-refractivity contribution in [2.75, 3.05) is 12.3 Å². The van der Waals surface area contributed by atoms with E-state index >= 15 is 0 Å². The fourth-order valence-corrected chi connectivity index (χ4v) is 1.21. The van der Waals surface area contributed by atoms with Crippen LogP contribution in [0.25, 0.3) is 0 Å². The van der Waals surface area contributed by atoms with E-state index in [0.29, 0.717) is 12.4 Å². The molecule has 7 heteroatoms. The van der Waals surface area contributed by atoms with Gasteiger partial charge in [0.1, 0.15) is 5.75 Å². The smallest absolute Gasteiger partial charge is 0.330 e. The van der Waals surface area contributed by atoms with Gasteiger partial charge in [-0.15, -0.1) is 4.98 Å². The molecule has 18 heavy (non-hydrogen) atoms. The van der Waals surface area contributed by atoms with Crippen LogP contribution in [-0.4, -0.2) is 26.5 Å². The zero-order chi connectivity index (χ0) is 13.0. The number of nitrogens with two attached hydrogens (primary N) is 1. The van der Waals surface area contributed by atoms with Gasteiger partial charge in [0.05, 0.1) is 12.8 Å².